The SMILES string of the molecule is O=C([C@@H]1CCCOC1)N1CC[C@H](Oc2cccnc2)C1. The van der Waals surface area contributed by atoms with E-state index in [1.165, 1.54) is 0 Å². The summed E-state index contributed by atoms with van der Waals surface area (Å²) in [5.74, 6) is 1.04. The molecule has 0 radical (unpaired) electrons. The number of likely N-dealkylation sites (tertiary alicyclic amines) is 1. The lowest BCUT2D eigenvalue weighted by molar-refractivity contribution is -0.138. The zero-order valence-corrected chi connectivity index (χ0v) is 11.5. The van der Waals surface area contributed by atoms with Crippen molar-refractivity contribution in [2.24, 2.45) is 5.92 Å². The number of ether oxygens (including phenoxy) is 2. The van der Waals surface area contributed by atoms with E-state index in [-0.39, 0.29) is 17.9 Å². The van der Waals surface area contributed by atoms with Crippen molar-refractivity contribution in [1.82, 2.24) is 9.88 Å². The molecule has 20 heavy (non-hydrogen) atoms. The maximum atomic E-state index is 12.4. The molecule has 0 unspecified atom stereocenters. The normalized spacial score (nSPS) is 26.5. The lowest BCUT2D eigenvalue weighted by atomic mass is 10.0. The van der Waals surface area contributed by atoms with Gasteiger partial charge in [-0.15, -0.1) is 0 Å². The monoisotopic (exact) mass is 276 g/mol. The molecule has 0 spiro atoms. The van der Waals surface area contributed by atoms with Crippen LogP contribution in [0.25, 0.3) is 0 Å². The summed E-state index contributed by atoms with van der Waals surface area (Å²) in [5.41, 5.74) is 0. The highest BCUT2D eigenvalue weighted by Gasteiger charge is 2.32. The van der Waals surface area contributed by atoms with Crippen LogP contribution in [0.15, 0.2) is 24.5 Å². The van der Waals surface area contributed by atoms with Crippen LogP contribution in [0, 0.1) is 5.92 Å². The highest BCUT2D eigenvalue weighted by molar-refractivity contribution is 5.79. The molecule has 3 heterocycles. The maximum Gasteiger partial charge on any atom is 0.228 e. The van der Waals surface area contributed by atoms with E-state index in [0.717, 1.165) is 38.2 Å². The van der Waals surface area contributed by atoms with E-state index in [1.807, 2.05) is 17.0 Å². The first kappa shape index (κ1) is 13.4. The molecule has 1 amide bonds. The van der Waals surface area contributed by atoms with Gasteiger partial charge in [-0.3, -0.25) is 9.78 Å². The molecule has 2 fully saturated rings. The summed E-state index contributed by atoms with van der Waals surface area (Å²) in [5, 5.41) is 0. The standard InChI is InChI=1S/C15H20N2O3/c18-15(12-3-2-8-19-11-12)17-7-5-14(10-17)20-13-4-1-6-16-9-13/h1,4,6,9,12,14H,2-3,5,7-8,10-11H2/t12-,14+/m1/s1. The van der Waals surface area contributed by atoms with Gasteiger partial charge in [0, 0.05) is 25.8 Å². The Kier molecular flexibility index (Phi) is 4.16. The van der Waals surface area contributed by atoms with E-state index in [0.29, 0.717) is 13.2 Å². The van der Waals surface area contributed by atoms with Crippen LogP contribution in [-0.4, -0.2) is 48.2 Å². The molecule has 3 rings (SSSR count). The summed E-state index contributed by atoms with van der Waals surface area (Å²) < 4.78 is 11.3. The topological polar surface area (TPSA) is 51.7 Å². The molecule has 0 aliphatic carbocycles. The second-order valence-electron chi connectivity index (χ2n) is 5.42. The number of pyridine rings is 1. The molecule has 0 saturated carbocycles. The van der Waals surface area contributed by atoms with Crippen LogP contribution >= 0.6 is 0 Å². The second kappa shape index (κ2) is 6.22. The van der Waals surface area contributed by atoms with Crippen molar-refractivity contribution in [3.63, 3.8) is 0 Å². The van der Waals surface area contributed by atoms with E-state index in [9.17, 15) is 4.79 Å². The molecule has 1 aromatic heterocycles. The Morgan fingerprint density at radius 1 is 1.45 bits per heavy atom. The Labute approximate surface area is 118 Å². The van der Waals surface area contributed by atoms with Crippen molar-refractivity contribution in [1.29, 1.82) is 0 Å². The zero-order valence-electron chi connectivity index (χ0n) is 11.5. The summed E-state index contributed by atoms with van der Waals surface area (Å²) in [6, 6.07) is 3.75. The average molecular weight is 276 g/mol. The molecule has 1 aromatic rings. The molecule has 5 heteroatoms. The first-order valence-electron chi connectivity index (χ1n) is 7.26. The summed E-state index contributed by atoms with van der Waals surface area (Å²) >= 11 is 0. The van der Waals surface area contributed by atoms with Gasteiger partial charge in [0.05, 0.1) is 25.3 Å². The third-order valence-electron chi connectivity index (χ3n) is 3.90. The zero-order chi connectivity index (χ0) is 13.8. The Hall–Kier alpha value is -1.62. The number of carbonyl (C=O) groups excluding carboxylic acids is 1. The van der Waals surface area contributed by atoms with E-state index < -0.39 is 0 Å². The molecule has 2 aliphatic rings. The van der Waals surface area contributed by atoms with Crippen molar-refractivity contribution in [3.05, 3.63) is 24.5 Å². The highest BCUT2D eigenvalue weighted by atomic mass is 16.5. The number of rotatable bonds is 3. The molecule has 0 aromatic carbocycles. The number of nitrogens with zero attached hydrogens (tertiary/aromatic N) is 2. The van der Waals surface area contributed by atoms with Crippen molar-refractivity contribution in [2.45, 2.75) is 25.4 Å². The molecule has 2 aliphatic heterocycles. The first-order chi connectivity index (χ1) is 9.83. The van der Waals surface area contributed by atoms with Crippen LogP contribution in [0.3, 0.4) is 0 Å². The van der Waals surface area contributed by atoms with E-state index >= 15 is 0 Å². The van der Waals surface area contributed by atoms with Crippen LogP contribution in [0.1, 0.15) is 19.3 Å². The number of hydrogen-bond acceptors (Lipinski definition) is 4. The van der Waals surface area contributed by atoms with Crippen LogP contribution in [0.4, 0.5) is 0 Å². The molecule has 0 N–H and O–H groups in total. The molecule has 5 nitrogen and oxygen atoms in total. The Bertz CT molecular complexity index is 446. The van der Waals surface area contributed by atoms with Crippen LogP contribution < -0.4 is 4.74 Å². The molecule has 2 atom stereocenters. The lowest BCUT2D eigenvalue weighted by Gasteiger charge is -2.26. The minimum absolute atomic E-state index is 0.0425. The summed E-state index contributed by atoms with van der Waals surface area (Å²) in [6.07, 6.45) is 6.32. The van der Waals surface area contributed by atoms with Gasteiger partial charge >= 0.3 is 0 Å². The van der Waals surface area contributed by atoms with Crippen molar-refractivity contribution in [2.75, 3.05) is 26.3 Å². The van der Waals surface area contributed by atoms with Gasteiger partial charge in [-0.2, -0.15) is 0 Å². The number of amides is 1. The van der Waals surface area contributed by atoms with E-state index in [4.69, 9.17) is 9.47 Å². The predicted molar refractivity (Wildman–Crippen MR) is 73.4 cm³/mol. The average Bonchev–Trinajstić information content (AvgIpc) is 2.97. The third kappa shape index (κ3) is 3.10. The third-order valence-corrected chi connectivity index (χ3v) is 3.90. The summed E-state index contributed by atoms with van der Waals surface area (Å²) in [4.78, 5) is 18.3. The van der Waals surface area contributed by atoms with Gasteiger partial charge in [-0.25, -0.2) is 0 Å². The fourth-order valence-corrected chi connectivity index (χ4v) is 2.83. The maximum absolute atomic E-state index is 12.4. The van der Waals surface area contributed by atoms with Crippen molar-refractivity contribution in [3.8, 4) is 5.75 Å². The lowest BCUT2D eigenvalue weighted by Crippen LogP contribution is -2.39. The number of aromatic nitrogens is 1. The minimum Gasteiger partial charge on any atom is -0.487 e. The Morgan fingerprint density at radius 3 is 3.15 bits per heavy atom. The first-order valence-corrected chi connectivity index (χ1v) is 7.26. The second-order valence-corrected chi connectivity index (χ2v) is 5.42. The van der Waals surface area contributed by atoms with Crippen molar-refractivity contribution >= 4 is 5.91 Å². The summed E-state index contributed by atoms with van der Waals surface area (Å²) in [7, 11) is 0. The number of hydrogen-bond donors (Lipinski definition) is 0. The quantitative estimate of drug-likeness (QED) is 0.839. The van der Waals surface area contributed by atoms with Gasteiger partial charge < -0.3 is 14.4 Å². The Morgan fingerprint density at radius 2 is 2.40 bits per heavy atom. The molecule has 108 valence electrons. The molecule has 0 bridgehead atoms. The summed E-state index contributed by atoms with van der Waals surface area (Å²) in [6.45, 7) is 2.81. The highest BCUT2D eigenvalue weighted by Crippen LogP contribution is 2.22. The van der Waals surface area contributed by atoms with Crippen molar-refractivity contribution < 1.29 is 14.3 Å². The van der Waals surface area contributed by atoms with Crippen LogP contribution in [-0.2, 0) is 9.53 Å². The fourth-order valence-electron chi connectivity index (χ4n) is 2.83. The van der Waals surface area contributed by atoms with Gasteiger partial charge in [0.15, 0.2) is 0 Å². The molecular formula is C15H20N2O3. The van der Waals surface area contributed by atoms with Gasteiger partial charge in [0.2, 0.25) is 5.91 Å². The van der Waals surface area contributed by atoms with Crippen LogP contribution in [0.2, 0.25) is 0 Å². The molecule has 2 saturated heterocycles. The van der Waals surface area contributed by atoms with Gasteiger partial charge in [0.1, 0.15) is 11.9 Å². The van der Waals surface area contributed by atoms with E-state index in [2.05, 4.69) is 4.98 Å². The van der Waals surface area contributed by atoms with Gasteiger partial charge in [0.25, 0.3) is 0 Å². The van der Waals surface area contributed by atoms with Crippen LogP contribution in [0.5, 0.6) is 5.75 Å². The molecular weight excluding hydrogens is 256 g/mol. The van der Waals surface area contributed by atoms with Gasteiger partial charge in [-0.1, -0.05) is 0 Å². The van der Waals surface area contributed by atoms with Gasteiger partial charge in [-0.05, 0) is 25.0 Å². The minimum atomic E-state index is 0.0425. The predicted octanol–water partition coefficient (Wildman–Crippen LogP) is 1.49. The fraction of sp³-hybridized carbons (Fsp3) is 0.600. The number of carbonyl (C=O) groups is 1. The largest absolute Gasteiger partial charge is 0.487 e. The smallest absolute Gasteiger partial charge is 0.228 e. The van der Waals surface area contributed by atoms with E-state index in [1.54, 1.807) is 12.4 Å². The Balaban J connectivity index is 1.52.